The Morgan fingerprint density at radius 3 is 2.43 bits per heavy atom. The van der Waals surface area contributed by atoms with Crippen molar-refractivity contribution in [3.8, 4) is 22.7 Å². The number of para-hydroxylation sites is 1. The van der Waals surface area contributed by atoms with E-state index in [0.717, 1.165) is 29.9 Å². The third kappa shape index (κ3) is 9.38. The summed E-state index contributed by atoms with van der Waals surface area (Å²) in [7, 11) is 1.40. The van der Waals surface area contributed by atoms with Gasteiger partial charge in [0.25, 0.3) is 0 Å². The normalized spacial score (nSPS) is 9.89. The van der Waals surface area contributed by atoms with Gasteiger partial charge in [0.2, 0.25) is 0 Å². The molecule has 2 rings (SSSR count). The lowest BCUT2D eigenvalue weighted by Gasteiger charge is -2.08. The van der Waals surface area contributed by atoms with Crippen LogP contribution in [0.3, 0.4) is 0 Å². The average molecular weight is 399 g/mol. The Morgan fingerprint density at radius 1 is 0.964 bits per heavy atom. The fourth-order valence-electron chi connectivity index (χ4n) is 2.32. The molecule has 0 saturated heterocycles. The molecule has 0 aromatic heterocycles. The molecule has 0 aliphatic rings. The number of hydrogen-bond acceptors (Lipinski definition) is 5. The molecular formula is C23H26O4S. The first-order valence-electron chi connectivity index (χ1n) is 9.34. The van der Waals surface area contributed by atoms with E-state index in [1.165, 1.54) is 18.9 Å². The standard InChI is InChI=1S/C23H26O4S/c1-25-23(24)14-18-28-17-8-10-20-9-7-13-22(19-20)27-16-6-5-15-26-21-11-3-2-4-12-21/h2-4,7,9,11-13,19H,5-6,10,14-16,18H2,1H3. The van der Waals surface area contributed by atoms with Crippen molar-refractivity contribution in [2.45, 2.75) is 25.7 Å². The number of methoxy groups -OCH3 is 1. The summed E-state index contributed by atoms with van der Waals surface area (Å²) in [4.78, 5) is 11.0. The summed E-state index contributed by atoms with van der Waals surface area (Å²) in [6, 6.07) is 17.8. The Balaban J connectivity index is 1.60. The van der Waals surface area contributed by atoms with Crippen molar-refractivity contribution in [2.75, 3.05) is 26.1 Å². The predicted molar refractivity (Wildman–Crippen MR) is 114 cm³/mol. The van der Waals surface area contributed by atoms with Gasteiger partial charge in [-0.15, -0.1) is 0 Å². The lowest BCUT2D eigenvalue weighted by Crippen LogP contribution is -2.02. The molecule has 0 aliphatic carbocycles. The van der Waals surface area contributed by atoms with Gasteiger partial charge in [-0.3, -0.25) is 4.79 Å². The molecule has 0 radical (unpaired) electrons. The van der Waals surface area contributed by atoms with Crippen molar-refractivity contribution in [3.63, 3.8) is 0 Å². The second-order valence-corrected chi connectivity index (χ2v) is 6.90. The monoisotopic (exact) mass is 398 g/mol. The van der Waals surface area contributed by atoms with Gasteiger partial charge >= 0.3 is 5.97 Å². The Kier molecular flexibility index (Phi) is 10.5. The maximum Gasteiger partial charge on any atom is 0.306 e. The summed E-state index contributed by atoms with van der Waals surface area (Å²) in [5.41, 5.74) is 1.12. The molecule has 0 saturated carbocycles. The van der Waals surface area contributed by atoms with E-state index in [-0.39, 0.29) is 5.97 Å². The fraction of sp³-hybridized carbons (Fsp3) is 0.348. The van der Waals surface area contributed by atoms with Gasteiger partial charge in [-0.1, -0.05) is 48.0 Å². The minimum atomic E-state index is -0.203. The van der Waals surface area contributed by atoms with Crippen LogP contribution in [0.25, 0.3) is 0 Å². The first kappa shape index (κ1) is 21.7. The van der Waals surface area contributed by atoms with Crippen molar-refractivity contribution in [1.29, 1.82) is 0 Å². The molecule has 0 spiro atoms. The van der Waals surface area contributed by atoms with Crippen LogP contribution >= 0.6 is 11.8 Å². The lowest BCUT2D eigenvalue weighted by atomic mass is 10.1. The van der Waals surface area contributed by atoms with Crippen molar-refractivity contribution < 1.29 is 19.0 Å². The van der Waals surface area contributed by atoms with Crippen LogP contribution in [0.5, 0.6) is 11.5 Å². The number of unbranched alkanes of at least 4 members (excludes halogenated alkanes) is 1. The van der Waals surface area contributed by atoms with E-state index >= 15 is 0 Å². The molecule has 0 heterocycles. The van der Waals surface area contributed by atoms with E-state index in [4.69, 9.17) is 9.47 Å². The topological polar surface area (TPSA) is 44.8 Å². The lowest BCUT2D eigenvalue weighted by molar-refractivity contribution is -0.140. The summed E-state index contributed by atoms with van der Waals surface area (Å²) in [5, 5.41) is 3.02. The van der Waals surface area contributed by atoms with Crippen LogP contribution in [0.2, 0.25) is 0 Å². The van der Waals surface area contributed by atoms with Crippen LogP contribution in [-0.4, -0.2) is 32.0 Å². The van der Waals surface area contributed by atoms with Crippen LogP contribution in [0, 0.1) is 11.2 Å². The molecular weight excluding hydrogens is 372 g/mol. The Morgan fingerprint density at radius 2 is 1.68 bits per heavy atom. The second kappa shape index (κ2) is 13.6. The number of carbonyl (C=O) groups excluding carboxylic acids is 1. The molecule has 2 aromatic carbocycles. The van der Waals surface area contributed by atoms with Gasteiger partial charge in [0.1, 0.15) is 11.5 Å². The molecule has 0 atom stereocenters. The predicted octanol–water partition coefficient (Wildman–Crippen LogP) is 4.72. The number of ether oxygens (including phenoxy) is 3. The highest BCUT2D eigenvalue weighted by Crippen LogP contribution is 2.15. The first-order valence-corrected chi connectivity index (χ1v) is 10.3. The molecule has 2 aromatic rings. The van der Waals surface area contributed by atoms with E-state index in [1.807, 2.05) is 54.6 Å². The zero-order chi connectivity index (χ0) is 19.9. The average Bonchev–Trinajstić information content (AvgIpc) is 2.74. The quantitative estimate of drug-likeness (QED) is 0.311. The largest absolute Gasteiger partial charge is 0.494 e. The van der Waals surface area contributed by atoms with Crippen LogP contribution in [0.15, 0.2) is 54.6 Å². The number of thioether (sulfide) groups is 1. The highest BCUT2D eigenvalue weighted by Gasteiger charge is 1.99. The van der Waals surface area contributed by atoms with Crippen LogP contribution in [0.1, 0.15) is 24.8 Å². The van der Waals surface area contributed by atoms with Gasteiger partial charge in [0.15, 0.2) is 0 Å². The molecule has 0 aliphatic heterocycles. The number of esters is 1. The van der Waals surface area contributed by atoms with Crippen molar-refractivity contribution in [1.82, 2.24) is 0 Å². The summed E-state index contributed by atoms with van der Waals surface area (Å²) in [5.74, 6) is 5.32. The Bertz CT molecular complexity index is 765. The number of rotatable bonds is 11. The summed E-state index contributed by atoms with van der Waals surface area (Å²) >= 11 is 1.44. The van der Waals surface area contributed by atoms with Gasteiger partial charge in [0.05, 0.1) is 26.7 Å². The minimum absolute atomic E-state index is 0.203. The van der Waals surface area contributed by atoms with Crippen LogP contribution in [0.4, 0.5) is 0 Å². The summed E-state index contributed by atoms with van der Waals surface area (Å²) in [6.45, 7) is 1.35. The number of benzene rings is 2. The third-order valence-corrected chi connectivity index (χ3v) is 4.49. The first-order chi connectivity index (χ1) is 13.8. The van der Waals surface area contributed by atoms with E-state index in [2.05, 4.69) is 15.9 Å². The molecule has 0 fully saturated rings. The maximum absolute atomic E-state index is 11.0. The smallest absolute Gasteiger partial charge is 0.306 e. The van der Waals surface area contributed by atoms with E-state index in [9.17, 15) is 4.79 Å². The molecule has 0 bridgehead atoms. The highest BCUT2D eigenvalue weighted by atomic mass is 32.2. The van der Waals surface area contributed by atoms with Gasteiger partial charge in [-0.05, 0) is 47.9 Å². The third-order valence-electron chi connectivity index (χ3n) is 3.79. The number of hydrogen-bond donors (Lipinski definition) is 0. The van der Waals surface area contributed by atoms with Crippen molar-refractivity contribution in [3.05, 3.63) is 60.2 Å². The van der Waals surface area contributed by atoms with Crippen LogP contribution < -0.4 is 9.47 Å². The molecule has 4 nitrogen and oxygen atoms in total. The van der Waals surface area contributed by atoms with Crippen LogP contribution in [-0.2, 0) is 16.0 Å². The second-order valence-electron chi connectivity index (χ2n) is 5.99. The van der Waals surface area contributed by atoms with Gasteiger partial charge in [-0.25, -0.2) is 0 Å². The molecule has 0 unspecified atom stereocenters. The van der Waals surface area contributed by atoms with Gasteiger partial charge in [0, 0.05) is 12.2 Å². The molecule has 0 amide bonds. The molecule has 0 N–H and O–H groups in total. The highest BCUT2D eigenvalue weighted by molar-refractivity contribution is 8.03. The van der Waals surface area contributed by atoms with Crippen molar-refractivity contribution >= 4 is 17.7 Å². The van der Waals surface area contributed by atoms with E-state index < -0.39 is 0 Å². The zero-order valence-corrected chi connectivity index (χ0v) is 17.0. The number of carbonyl (C=O) groups is 1. The van der Waals surface area contributed by atoms with E-state index in [0.29, 0.717) is 31.8 Å². The summed E-state index contributed by atoms with van der Waals surface area (Å²) in [6.07, 6.45) is 2.93. The minimum Gasteiger partial charge on any atom is -0.494 e. The Labute approximate surface area is 171 Å². The van der Waals surface area contributed by atoms with Crippen molar-refractivity contribution in [2.24, 2.45) is 0 Å². The molecule has 5 heteroatoms. The van der Waals surface area contributed by atoms with Gasteiger partial charge in [-0.2, -0.15) is 0 Å². The zero-order valence-electron chi connectivity index (χ0n) is 16.2. The Hall–Kier alpha value is -2.58. The maximum atomic E-state index is 11.0. The van der Waals surface area contributed by atoms with Gasteiger partial charge < -0.3 is 14.2 Å². The van der Waals surface area contributed by atoms with E-state index in [1.54, 1.807) is 0 Å². The summed E-state index contributed by atoms with van der Waals surface area (Å²) < 4.78 is 16.1. The molecule has 148 valence electrons. The fourth-order valence-corrected chi connectivity index (χ4v) is 2.87. The SMILES string of the molecule is COC(=O)CCSC#CCc1cccc(OCCCCOc2ccccc2)c1. The molecule has 28 heavy (non-hydrogen) atoms.